The molecule has 5 rings (SSSR count). The van der Waals surface area contributed by atoms with Gasteiger partial charge in [-0.3, -0.25) is 4.79 Å². The van der Waals surface area contributed by atoms with Crippen LogP contribution >= 0.6 is 0 Å². The van der Waals surface area contributed by atoms with Crippen LogP contribution in [0.4, 0.5) is 4.39 Å². The molecule has 5 fully saturated rings. The van der Waals surface area contributed by atoms with Crippen LogP contribution in [0.5, 0.6) is 0 Å². The van der Waals surface area contributed by atoms with Crippen molar-refractivity contribution in [1.29, 1.82) is 5.41 Å². The molecule has 0 heterocycles. The zero-order chi connectivity index (χ0) is 20.3. The molecule has 0 amide bonds. The van der Waals surface area contributed by atoms with Gasteiger partial charge in [-0.25, -0.2) is 4.39 Å². The molecule has 160 valence electrons. The Morgan fingerprint density at radius 2 is 1.86 bits per heavy atom. The Hall–Kier alpha value is -1.19. The number of hydrogen-bond acceptors (Lipinski definition) is 3. The van der Waals surface area contributed by atoms with Gasteiger partial charge in [0.2, 0.25) is 0 Å². The standard InChI is InChI=1S/C25H37FN2O/c1-14-3-5-17-15(9-14)4-6-19-18(17)7-8-25(2)23(19)20-10-21(20)24(25)22(29)13-28-12-16(26)11-27/h11-12,14-15,17-21,23-24,27-28H,3-10,13H2,1-2H3/b16-12+,27-11?. The molecule has 0 radical (unpaired) electrons. The van der Waals surface area contributed by atoms with Crippen LogP contribution in [-0.2, 0) is 4.79 Å². The smallest absolute Gasteiger partial charge is 0.156 e. The second-order valence-corrected chi connectivity index (χ2v) is 11.4. The molecule has 0 aromatic carbocycles. The minimum atomic E-state index is -0.628. The molecule has 2 N–H and O–H groups in total. The quantitative estimate of drug-likeness (QED) is 0.610. The molecule has 0 aromatic rings. The molecule has 5 aliphatic carbocycles. The van der Waals surface area contributed by atoms with Crippen molar-refractivity contribution in [3.05, 3.63) is 12.0 Å². The van der Waals surface area contributed by atoms with E-state index in [1.54, 1.807) is 0 Å². The lowest BCUT2D eigenvalue weighted by Crippen LogP contribution is -2.51. The Kier molecular flexibility index (Phi) is 4.90. The van der Waals surface area contributed by atoms with E-state index in [4.69, 9.17) is 5.41 Å². The first kappa shape index (κ1) is 19.8. The number of allylic oxidation sites excluding steroid dienone is 1. The minimum Gasteiger partial charge on any atom is -0.381 e. The molecule has 4 heteroatoms. The summed E-state index contributed by atoms with van der Waals surface area (Å²) in [5.41, 5.74) is 0.159. The summed E-state index contributed by atoms with van der Waals surface area (Å²) < 4.78 is 13.2. The molecule has 10 atom stereocenters. The van der Waals surface area contributed by atoms with Gasteiger partial charge in [0.1, 0.15) is 0 Å². The van der Waals surface area contributed by atoms with Crippen LogP contribution in [0, 0.1) is 64.1 Å². The van der Waals surface area contributed by atoms with Crippen molar-refractivity contribution in [2.75, 3.05) is 6.54 Å². The van der Waals surface area contributed by atoms with E-state index in [0.717, 1.165) is 47.6 Å². The van der Waals surface area contributed by atoms with Crippen LogP contribution in [0.2, 0.25) is 0 Å². The highest BCUT2D eigenvalue weighted by Gasteiger charge is 2.70. The monoisotopic (exact) mass is 400 g/mol. The van der Waals surface area contributed by atoms with Gasteiger partial charge in [0.25, 0.3) is 0 Å². The first-order valence-corrected chi connectivity index (χ1v) is 12.1. The lowest BCUT2D eigenvalue weighted by Gasteiger charge is -2.57. The van der Waals surface area contributed by atoms with Crippen molar-refractivity contribution < 1.29 is 9.18 Å². The maximum atomic E-state index is 13.2. The van der Waals surface area contributed by atoms with Crippen molar-refractivity contribution in [2.45, 2.75) is 65.2 Å². The van der Waals surface area contributed by atoms with Gasteiger partial charge in [0.05, 0.1) is 12.8 Å². The van der Waals surface area contributed by atoms with Crippen LogP contribution in [0.3, 0.4) is 0 Å². The van der Waals surface area contributed by atoms with Crippen LogP contribution < -0.4 is 5.32 Å². The summed E-state index contributed by atoms with van der Waals surface area (Å²) >= 11 is 0. The van der Waals surface area contributed by atoms with E-state index < -0.39 is 5.83 Å². The highest BCUT2D eigenvalue weighted by molar-refractivity contribution is 5.85. The van der Waals surface area contributed by atoms with Gasteiger partial charge in [-0.1, -0.05) is 20.3 Å². The summed E-state index contributed by atoms with van der Waals surface area (Å²) in [7, 11) is 0. The summed E-state index contributed by atoms with van der Waals surface area (Å²) in [5, 5.41) is 9.74. The number of Topliss-reactive ketones (excluding diaryl/α,β-unsaturated/α-hetero) is 1. The number of rotatable bonds is 5. The Morgan fingerprint density at radius 3 is 2.66 bits per heavy atom. The van der Waals surface area contributed by atoms with Crippen molar-refractivity contribution in [1.82, 2.24) is 5.32 Å². The maximum Gasteiger partial charge on any atom is 0.156 e. The molecule has 0 aromatic heterocycles. The Bertz CT molecular complexity index is 720. The van der Waals surface area contributed by atoms with Gasteiger partial charge >= 0.3 is 0 Å². The molecule has 29 heavy (non-hydrogen) atoms. The number of hydrogen-bond donors (Lipinski definition) is 2. The topological polar surface area (TPSA) is 53.0 Å². The first-order chi connectivity index (χ1) is 13.9. The van der Waals surface area contributed by atoms with Gasteiger partial charge in [0, 0.05) is 12.1 Å². The average Bonchev–Trinajstić information content (AvgIpc) is 3.41. The zero-order valence-corrected chi connectivity index (χ0v) is 18.0. The van der Waals surface area contributed by atoms with E-state index in [1.807, 2.05) is 0 Å². The van der Waals surface area contributed by atoms with Crippen molar-refractivity contribution in [3.8, 4) is 0 Å². The van der Waals surface area contributed by atoms with Crippen LogP contribution in [-0.4, -0.2) is 18.5 Å². The van der Waals surface area contributed by atoms with E-state index in [9.17, 15) is 9.18 Å². The molecule has 10 unspecified atom stereocenters. The number of nitrogens with one attached hydrogen (secondary N) is 2. The fourth-order valence-corrected chi connectivity index (χ4v) is 9.06. The first-order valence-electron chi connectivity index (χ1n) is 12.1. The zero-order valence-electron chi connectivity index (χ0n) is 18.0. The third-order valence-electron chi connectivity index (χ3n) is 10.0. The molecule has 0 saturated heterocycles. The fraction of sp³-hybridized carbons (Fsp3) is 0.840. The third-order valence-corrected chi connectivity index (χ3v) is 10.0. The van der Waals surface area contributed by atoms with Crippen LogP contribution in [0.1, 0.15) is 65.2 Å². The maximum absolute atomic E-state index is 13.2. The van der Waals surface area contributed by atoms with E-state index in [2.05, 4.69) is 19.2 Å². The summed E-state index contributed by atoms with van der Waals surface area (Å²) in [4.78, 5) is 13.2. The highest BCUT2D eigenvalue weighted by Crippen LogP contribution is 2.74. The summed E-state index contributed by atoms with van der Waals surface area (Å²) in [6.45, 7) is 5.07. The normalized spacial score (nSPS) is 50.6. The molecule has 3 nitrogen and oxygen atoms in total. The fourth-order valence-electron chi connectivity index (χ4n) is 9.06. The Balaban J connectivity index is 1.32. The predicted molar refractivity (Wildman–Crippen MR) is 113 cm³/mol. The van der Waals surface area contributed by atoms with Gasteiger partial charge in [-0.05, 0) is 97.7 Å². The number of carbonyl (C=O) groups is 1. The summed E-state index contributed by atoms with van der Waals surface area (Å²) in [6.07, 6.45) is 12.8. The van der Waals surface area contributed by atoms with Crippen molar-refractivity contribution in [2.24, 2.45) is 58.7 Å². The van der Waals surface area contributed by atoms with Crippen molar-refractivity contribution >= 4 is 12.0 Å². The third kappa shape index (κ3) is 3.11. The summed E-state index contributed by atoms with van der Waals surface area (Å²) in [6, 6.07) is 0. The number of halogens is 1. The molecule has 0 aliphatic heterocycles. The SMILES string of the molecule is CC1CCC2C(CCC3C2CCC2(C)C(C(=O)CN/C=C(/F)C=N)C4CC4C32)C1. The average molecular weight is 401 g/mol. The van der Waals surface area contributed by atoms with E-state index in [0.29, 0.717) is 12.1 Å². The van der Waals surface area contributed by atoms with Gasteiger partial charge in [-0.2, -0.15) is 0 Å². The number of ketones is 1. The Morgan fingerprint density at radius 1 is 1.07 bits per heavy atom. The van der Waals surface area contributed by atoms with E-state index in [-0.39, 0.29) is 23.7 Å². The highest BCUT2D eigenvalue weighted by atomic mass is 19.1. The number of carbonyl (C=O) groups excluding carboxylic acids is 1. The molecule has 0 bridgehead atoms. The van der Waals surface area contributed by atoms with Crippen LogP contribution in [0.15, 0.2) is 12.0 Å². The Labute approximate surface area is 174 Å². The predicted octanol–water partition coefficient (Wildman–Crippen LogP) is 5.37. The molecular weight excluding hydrogens is 363 g/mol. The minimum absolute atomic E-state index is 0.159. The van der Waals surface area contributed by atoms with Gasteiger partial charge in [-0.15, -0.1) is 0 Å². The van der Waals surface area contributed by atoms with E-state index >= 15 is 0 Å². The van der Waals surface area contributed by atoms with E-state index in [1.165, 1.54) is 51.4 Å². The lowest BCUT2D eigenvalue weighted by atomic mass is 9.48. The second-order valence-electron chi connectivity index (χ2n) is 11.4. The van der Waals surface area contributed by atoms with Crippen molar-refractivity contribution in [3.63, 3.8) is 0 Å². The lowest BCUT2D eigenvalue weighted by molar-refractivity contribution is -0.132. The van der Waals surface area contributed by atoms with Gasteiger partial charge < -0.3 is 10.7 Å². The summed E-state index contributed by atoms with van der Waals surface area (Å²) in [5.74, 6) is 6.51. The second kappa shape index (κ2) is 7.20. The largest absolute Gasteiger partial charge is 0.381 e. The van der Waals surface area contributed by atoms with Crippen LogP contribution in [0.25, 0.3) is 0 Å². The van der Waals surface area contributed by atoms with Gasteiger partial charge in [0.15, 0.2) is 11.6 Å². The molecular formula is C25H37FN2O. The molecule has 0 spiro atoms. The molecule has 5 saturated carbocycles. The molecule has 5 aliphatic rings. The number of fused-ring (bicyclic) bond motifs is 7.